The van der Waals surface area contributed by atoms with Crippen molar-refractivity contribution >= 4 is 23.2 Å². The monoisotopic (exact) mass is 362 g/mol. The molecule has 0 atom stereocenters. The number of carbonyl (C=O) groups excluding carboxylic acids is 1. The summed E-state index contributed by atoms with van der Waals surface area (Å²) < 4.78 is 5.23. The molecule has 1 fully saturated rings. The van der Waals surface area contributed by atoms with Crippen LogP contribution in [0.5, 0.6) is 0 Å². The summed E-state index contributed by atoms with van der Waals surface area (Å²) in [5.74, 6) is 1.64. The van der Waals surface area contributed by atoms with Crippen LogP contribution in [0.25, 0.3) is 0 Å². The van der Waals surface area contributed by atoms with Crippen molar-refractivity contribution in [3.63, 3.8) is 0 Å². The lowest BCUT2D eigenvalue weighted by atomic mass is 10.0. The van der Waals surface area contributed by atoms with Crippen molar-refractivity contribution in [2.75, 3.05) is 5.32 Å². The fourth-order valence-electron chi connectivity index (χ4n) is 2.30. The van der Waals surface area contributed by atoms with Crippen LogP contribution in [0.15, 0.2) is 22.7 Å². The third-order valence-corrected chi connectivity index (χ3v) is 4.73. The average Bonchev–Trinajstić information content (AvgIpc) is 3.31. The van der Waals surface area contributed by atoms with E-state index in [-0.39, 0.29) is 11.4 Å². The Morgan fingerprint density at radius 1 is 1.40 bits per heavy atom. The minimum Gasteiger partial charge on any atom is -0.376 e. The summed E-state index contributed by atoms with van der Waals surface area (Å²) in [6, 6.07) is 5.26. The number of anilines is 1. The molecule has 25 heavy (non-hydrogen) atoms. The Morgan fingerprint density at radius 2 is 2.16 bits per heavy atom. The van der Waals surface area contributed by atoms with E-state index in [0.717, 1.165) is 30.8 Å². The van der Waals surface area contributed by atoms with E-state index >= 15 is 0 Å². The van der Waals surface area contributed by atoms with E-state index in [1.54, 1.807) is 12.1 Å². The van der Waals surface area contributed by atoms with Gasteiger partial charge < -0.3 is 15.2 Å². The highest BCUT2D eigenvalue weighted by atomic mass is 35.5. The highest BCUT2D eigenvalue weighted by molar-refractivity contribution is 6.34. The first-order valence-electron chi connectivity index (χ1n) is 8.56. The van der Waals surface area contributed by atoms with E-state index in [1.165, 1.54) is 0 Å². The van der Waals surface area contributed by atoms with Gasteiger partial charge in [-0.25, -0.2) is 0 Å². The molecule has 2 N–H and O–H groups in total. The minimum atomic E-state index is -0.269. The fraction of sp³-hybridized carbons (Fsp3) is 0.500. The van der Waals surface area contributed by atoms with Gasteiger partial charge in [0.2, 0.25) is 5.89 Å². The third kappa shape index (κ3) is 4.51. The topological polar surface area (TPSA) is 80.0 Å². The van der Waals surface area contributed by atoms with E-state index in [4.69, 9.17) is 16.1 Å². The number of rotatable bonds is 7. The largest absolute Gasteiger partial charge is 0.376 e. The second-order valence-electron chi connectivity index (χ2n) is 7.06. The number of halogens is 1. The maximum atomic E-state index is 12.4. The second kappa shape index (κ2) is 7.04. The SMILES string of the molecule is CCC(C)(C)NC(=O)c1ccc(NCc2nc(C3CC3)no2)cc1Cl. The number of hydrogen-bond donors (Lipinski definition) is 2. The van der Waals surface area contributed by atoms with Crippen LogP contribution in [-0.4, -0.2) is 21.6 Å². The molecule has 1 amide bonds. The standard InChI is InChI=1S/C18H23ClN4O2/c1-4-18(2,3)22-17(24)13-8-7-12(9-14(13)19)20-10-15-21-16(23-25-15)11-5-6-11/h7-9,11,20H,4-6,10H2,1-3H3,(H,22,24). The third-order valence-electron chi connectivity index (χ3n) is 4.42. The minimum absolute atomic E-state index is 0.172. The molecule has 6 nitrogen and oxygen atoms in total. The zero-order valence-corrected chi connectivity index (χ0v) is 15.5. The van der Waals surface area contributed by atoms with Gasteiger partial charge in [0.15, 0.2) is 5.82 Å². The first kappa shape index (κ1) is 17.7. The van der Waals surface area contributed by atoms with E-state index in [2.05, 4.69) is 20.8 Å². The first-order chi connectivity index (χ1) is 11.9. The second-order valence-corrected chi connectivity index (χ2v) is 7.47. The zero-order chi connectivity index (χ0) is 18.0. The van der Waals surface area contributed by atoms with Crippen LogP contribution in [-0.2, 0) is 6.54 Å². The predicted octanol–water partition coefficient (Wildman–Crippen LogP) is 4.13. The molecule has 1 aromatic heterocycles. The molecule has 1 saturated carbocycles. The molecule has 7 heteroatoms. The van der Waals surface area contributed by atoms with Gasteiger partial charge in [-0.3, -0.25) is 4.79 Å². The van der Waals surface area contributed by atoms with Crippen LogP contribution in [0, 0.1) is 0 Å². The molecule has 3 rings (SSSR count). The lowest BCUT2D eigenvalue weighted by Crippen LogP contribution is -2.42. The predicted molar refractivity (Wildman–Crippen MR) is 96.9 cm³/mol. The summed E-state index contributed by atoms with van der Waals surface area (Å²) in [6.07, 6.45) is 3.11. The molecule has 0 radical (unpaired) electrons. The van der Waals surface area contributed by atoms with Gasteiger partial charge in [-0.15, -0.1) is 0 Å². The first-order valence-corrected chi connectivity index (χ1v) is 8.94. The molecule has 0 aliphatic heterocycles. The molecule has 0 saturated heterocycles. The number of amides is 1. The highest BCUT2D eigenvalue weighted by Crippen LogP contribution is 2.38. The Hall–Kier alpha value is -2.08. The summed E-state index contributed by atoms with van der Waals surface area (Å²) >= 11 is 6.28. The molecule has 1 aliphatic rings. The number of hydrogen-bond acceptors (Lipinski definition) is 5. The van der Waals surface area contributed by atoms with Gasteiger partial charge in [-0.1, -0.05) is 23.7 Å². The lowest BCUT2D eigenvalue weighted by molar-refractivity contribution is 0.0911. The van der Waals surface area contributed by atoms with Gasteiger partial charge in [-0.05, 0) is 51.3 Å². The van der Waals surface area contributed by atoms with Crippen molar-refractivity contribution in [3.8, 4) is 0 Å². The van der Waals surface area contributed by atoms with E-state index in [0.29, 0.717) is 28.9 Å². The molecule has 134 valence electrons. The number of nitrogens with zero attached hydrogens (tertiary/aromatic N) is 2. The smallest absolute Gasteiger partial charge is 0.253 e. The molecule has 0 spiro atoms. The Morgan fingerprint density at radius 3 is 2.80 bits per heavy atom. The van der Waals surface area contributed by atoms with Gasteiger partial charge in [-0.2, -0.15) is 4.98 Å². The maximum Gasteiger partial charge on any atom is 0.253 e. The van der Waals surface area contributed by atoms with Crippen molar-refractivity contribution in [1.29, 1.82) is 0 Å². The molecule has 1 aliphatic carbocycles. The molecule has 0 bridgehead atoms. The van der Waals surface area contributed by atoms with E-state index in [9.17, 15) is 4.79 Å². The molecular formula is C18H23ClN4O2. The average molecular weight is 363 g/mol. The number of benzene rings is 1. The van der Waals surface area contributed by atoms with Gasteiger partial charge in [0.05, 0.1) is 17.1 Å². The Balaban J connectivity index is 1.61. The number of nitrogens with one attached hydrogen (secondary N) is 2. The van der Waals surface area contributed by atoms with Gasteiger partial charge in [0, 0.05) is 17.1 Å². The summed E-state index contributed by atoms with van der Waals surface area (Å²) in [5, 5.41) is 10.6. The van der Waals surface area contributed by atoms with Crippen molar-refractivity contribution in [2.45, 2.75) is 58.0 Å². The summed E-state index contributed by atoms with van der Waals surface area (Å²) in [5.41, 5.74) is 0.985. The van der Waals surface area contributed by atoms with E-state index < -0.39 is 0 Å². The van der Waals surface area contributed by atoms with Gasteiger partial charge in [0.25, 0.3) is 5.91 Å². The molecule has 2 aromatic rings. The van der Waals surface area contributed by atoms with Crippen molar-refractivity contribution in [3.05, 3.63) is 40.5 Å². The summed E-state index contributed by atoms with van der Waals surface area (Å²) in [7, 11) is 0. The highest BCUT2D eigenvalue weighted by Gasteiger charge is 2.28. The van der Waals surface area contributed by atoms with Crippen LogP contribution >= 0.6 is 11.6 Å². The molecule has 0 unspecified atom stereocenters. The number of carbonyl (C=O) groups is 1. The fourth-order valence-corrected chi connectivity index (χ4v) is 2.56. The summed E-state index contributed by atoms with van der Waals surface area (Å²) in [4.78, 5) is 16.7. The van der Waals surface area contributed by atoms with Crippen LogP contribution < -0.4 is 10.6 Å². The summed E-state index contributed by atoms with van der Waals surface area (Å²) in [6.45, 7) is 6.41. The molecule has 1 aromatic carbocycles. The van der Waals surface area contributed by atoms with Crippen LogP contribution in [0.1, 0.15) is 68.0 Å². The Bertz CT molecular complexity index is 768. The quantitative estimate of drug-likeness (QED) is 0.774. The Kier molecular flexibility index (Phi) is 4.99. The molecule has 1 heterocycles. The van der Waals surface area contributed by atoms with Gasteiger partial charge >= 0.3 is 0 Å². The zero-order valence-electron chi connectivity index (χ0n) is 14.7. The van der Waals surface area contributed by atoms with Crippen molar-refractivity contribution < 1.29 is 9.32 Å². The molecular weight excluding hydrogens is 340 g/mol. The van der Waals surface area contributed by atoms with Crippen LogP contribution in [0.4, 0.5) is 5.69 Å². The van der Waals surface area contributed by atoms with Crippen LogP contribution in [0.2, 0.25) is 5.02 Å². The normalized spacial score (nSPS) is 14.4. The van der Waals surface area contributed by atoms with Gasteiger partial charge in [0.1, 0.15) is 0 Å². The number of aromatic nitrogens is 2. The van der Waals surface area contributed by atoms with E-state index in [1.807, 2.05) is 26.8 Å². The van der Waals surface area contributed by atoms with Crippen molar-refractivity contribution in [2.24, 2.45) is 0 Å². The lowest BCUT2D eigenvalue weighted by Gasteiger charge is -2.24. The van der Waals surface area contributed by atoms with Crippen molar-refractivity contribution in [1.82, 2.24) is 15.5 Å². The van der Waals surface area contributed by atoms with Crippen LogP contribution in [0.3, 0.4) is 0 Å². The maximum absolute atomic E-state index is 12.4. The Labute approximate surface area is 152 Å².